The number of para-hydroxylation sites is 3. The molecule has 0 bridgehead atoms. The Morgan fingerprint density at radius 1 is 0.743 bits per heavy atom. The number of anilines is 3. The monoisotopic (exact) mass is 500 g/mol. The lowest BCUT2D eigenvalue weighted by molar-refractivity contribution is -0.137. The predicted octanol–water partition coefficient (Wildman–Crippen LogP) is 6.22. The fraction of sp³-hybridized carbons (Fsp3) is 0.0909. The highest BCUT2D eigenvalue weighted by atomic mass is 19.4. The minimum Gasteiger partial charge on any atom is -0.464 e. The SMILES string of the molecule is NNC(=O)Nc1ccccc1C(F)(F)F.O=C(O)N(c1ccccc1)c1ccccc1C(F)(F)F. The molecule has 3 amide bonds. The quantitative estimate of drug-likeness (QED) is 0.148. The molecular formula is C22H18F6N4O3. The fourth-order valence-electron chi connectivity index (χ4n) is 2.84. The second-order valence-electron chi connectivity index (χ2n) is 6.61. The molecule has 5 N–H and O–H groups in total. The van der Waals surface area contributed by atoms with Gasteiger partial charge in [-0.05, 0) is 36.4 Å². The molecule has 0 spiro atoms. The summed E-state index contributed by atoms with van der Waals surface area (Å²) >= 11 is 0. The van der Waals surface area contributed by atoms with E-state index < -0.39 is 41.3 Å². The van der Waals surface area contributed by atoms with Crippen molar-refractivity contribution in [1.29, 1.82) is 0 Å². The van der Waals surface area contributed by atoms with Crippen LogP contribution in [0.3, 0.4) is 0 Å². The summed E-state index contributed by atoms with van der Waals surface area (Å²) in [5, 5.41) is 11.2. The second-order valence-corrected chi connectivity index (χ2v) is 6.61. The van der Waals surface area contributed by atoms with Crippen molar-refractivity contribution in [2.24, 2.45) is 5.84 Å². The van der Waals surface area contributed by atoms with Crippen LogP contribution in [0.5, 0.6) is 0 Å². The van der Waals surface area contributed by atoms with Gasteiger partial charge in [-0.1, -0.05) is 42.5 Å². The molecule has 3 rings (SSSR count). The summed E-state index contributed by atoms with van der Waals surface area (Å²) in [5.74, 6) is 4.74. The zero-order chi connectivity index (χ0) is 26.2. The number of hydrogen-bond donors (Lipinski definition) is 4. The van der Waals surface area contributed by atoms with Crippen molar-refractivity contribution >= 4 is 29.2 Å². The zero-order valence-corrected chi connectivity index (χ0v) is 17.6. The average Bonchev–Trinajstić information content (AvgIpc) is 2.79. The van der Waals surface area contributed by atoms with Crippen LogP contribution >= 0.6 is 0 Å². The Morgan fingerprint density at radius 3 is 1.74 bits per heavy atom. The molecule has 3 aromatic rings. The van der Waals surface area contributed by atoms with E-state index >= 15 is 0 Å². The van der Waals surface area contributed by atoms with Crippen molar-refractivity contribution in [3.63, 3.8) is 0 Å². The molecule has 0 unspecified atom stereocenters. The summed E-state index contributed by atoms with van der Waals surface area (Å²) in [6.07, 6.45) is -10.6. The van der Waals surface area contributed by atoms with Crippen LogP contribution in [0.15, 0.2) is 78.9 Å². The topological polar surface area (TPSA) is 108 Å². The number of alkyl halides is 6. The number of carboxylic acid groups (broad SMARTS) is 1. The number of nitrogens with zero attached hydrogens (tertiary/aromatic N) is 1. The van der Waals surface area contributed by atoms with Crippen molar-refractivity contribution in [3.8, 4) is 0 Å². The molecule has 0 radical (unpaired) electrons. The molecule has 35 heavy (non-hydrogen) atoms. The van der Waals surface area contributed by atoms with E-state index in [0.717, 1.165) is 24.3 Å². The summed E-state index contributed by atoms with van der Waals surface area (Å²) in [6.45, 7) is 0. The van der Waals surface area contributed by atoms with Gasteiger partial charge in [-0.3, -0.25) is 5.43 Å². The number of urea groups is 1. The van der Waals surface area contributed by atoms with E-state index in [2.05, 4.69) is 0 Å². The van der Waals surface area contributed by atoms with E-state index in [4.69, 9.17) is 5.84 Å². The first-order valence-corrected chi connectivity index (χ1v) is 9.54. The number of amides is 3. The van der Waals surface area contributed by atoms with E-state index in [1.165, 1.54) is 36.4 Å². The molecule has 0 atom stereocenters. The molecule has 0 heterocycles. The lowest BCUT2D eigenvalue weighted by Gasteiger charge is -2.23. The van der Waals surface area contributed by atoms with E-state index in [1.807, 2.05) is 5.32 Å². The lowest BCUT2D eigenvalue weighted by atomic mass is 10.1. The summed E-state index contributed by atoms with van der Waals surface area (Å²) in [4.78, 5) is 22.7. The summed E-state index contributed by atoms with van der Waals surface area (Å²) in [6, 6.07) is 15.9. The third kappa shape index (κ3) is 7.37. The Labute approximate surface area is 194 Å². The third-order valence-corrected chi connectivity index (χ3v) is 4.27. The maximum absolute atomic E-state index is 13.0. The van der Waals surface area contributed by atoms with Gasteiger partial charge in [0, 0.05) is 0 Å². The highest BCUT2D eigenvalue weighted by molar-refractivity contribution is 5.95. The zero-order valence-electron chi connectivity index (χ0n) is 17.6. The molecular weight excluding hydrogens is 482 g/mol. The van der Waals surface area contributed by atoms with Gasteiger partial charge in [0.05, 0.1) is 28.2 Å². The molecule has 0 aliphatic carbocycles. The van der Waals surface area contributed by atoms with E-state index in [0.29, 0.717) is 4.90 Å². The average molecular weight is 500 g/mol. The van der Waals surface area contributed by atoms with Crippen molar-refractivity contribution in [1.82, 2.24) is 5.43 Å². The summed E-state index contributed by atoms with van der Waals surface area (Å²) < 4.78 is 76.1. The number of hydrazine groups is 1. The summed E-state index contributed by atoms with van der Waals surface area (Å²) in [7, 11) is 0. The van der Waals surface area contributed by atoms with Gasteiger partial charge in [-0.15, -0.1) is 0 Å². The number of nitrogens with one attached hydrogen (secondary N) is 2. The van der Waals surface area contributed by atoms with Gasteiger partial charge in [0.15, 0.2) is 0 Å². The number of carbonyl (C=O) groups excluding carboxylic acids is 1. The number of hydrogen-bond acceptors (Lipinski definition) is 3. The standard InChI is InChI=1S/C14H10F3NO2.C8H8F3N3O/c15-14(16,17)11-8-4-5-9-12(11)18(13(19)20)10-6-2-1-3-7-10;9-8(10,11)5-3-1-2-4-6(5)13-7(15)14-12/h1-9H,(H,19,20);1-4H,12H2,(H2,13,14,15). The van der Waals surface area contributed by atoms with Crippen molar-refractivity contribution in [2.75, 3.05) is 10.2 Å². The fourth-order valence-corrected chi connectivity index (χ4v) is 2.84. The van der Waals surface area contributed by atoms with Crippen LogP contribution in [0.2, 0.25) is 0 Å². The second kappa shape index (κ2) is 11.2. The highest BCUT2D eigenvalue weighted by Crippen LogP contribution is 2.39. The van der Waals surface area contributed by atoms with Gasteiger partial charge in [0.25, 0.3) is 0 Å². The van der Waals surface area contributed by atoms with Crippen LogP contribution in [-0.4, -0.2) is 17.2 Å². The van der Waals surface area contributed by atoms with Crippen LogP contribution < -0.4 is 21.5 Å². The van der Waals surface area contributed by atoms with Crippen molar-refractivity contribution in [3.05, 3.63) is 90.0 Å². The molecule has 0 fully saturated rings. The lowest BCUT2D eigenvalue weighted by Crippen LogP contribution is -2.34. The maximum Gasteiger partial charge on any atom is 0.418 e. The van der Waals surface area contributed by atoms with Crippen LogP contribution in [0.25, 0.3) is 0 Å². The molecule has 0 aliphatic heterocycles. The van der Waals surface area contributed by atoms with Gasteiger partial charge in [-0.25, -0.2) is 20.3 Å². The third-order valence-electron chi connectivity index (χ3n) is 4.27. The van der Waals surface area contributed by atoms with Gasteiger partial charge < -0.3 is 10.4 Å². The Bertz CT molecular complexity index is 1150. The minimum absolute atomic E-state index is 0.150. The molecule has 0 aliphatic rings. The maximum atomic E-state index is 13.0. The van der Waals surface area contributed by atoms with Crippen molar-refractivity contribution < 1.29 is 41.0 Å². The first-order valence-electron chi connectivity index (χ1n) is 9.54. The van der Waals surface area contributed by atoms with E-state index in [9.17, 15) is 41.0 Å². The number of nitrogens with two attached hydrogens (primary N) is 1. The van der Waals surface area contributed by atoms with Crippen LogP contribution in [0.4, 0.5) is 53.0 Å². The normalized spacial score (nSPS) is 11.1. The molecule has 7 nitrogen and oxygen atoms in total. The molecule has 186 valence electrons. The number of rotatable bonds is 3. The Balaban J connectivity index is 0.000000258. The van der Waals surface area contributed by atoms with Crippen LogP contribution in [-0.2, 0) is 12.4 Å². The van der Waals surface area contributed by atoms with Gasteiger partial charge in [0.2, 0.25) is 0 Å². The van der Waals surface area contributed by atoms with E-state index in [-0.39, 0.29) is 11.4 Å². The smallest absolute Gasteiger partial charge is 0.418 e. The largest absolute Gasteiger partial charge is 0.464 e. The molecule has 13 heteroatoms. The Hall–Kier alpha value is -4.26. The van der Waals surface area contributed by atoms with Crippen LogP contribution in [0, 0.1) is 0 Å². The van der Waals surface area contributed by atoms with Gasteiger partial charge in [-0.2, -0.15) is 26.3 Å². The molecule has 0 aromatic heterocycles. The minimum atomic E-state index is -4.63. The molecule has 3 aromatic carbocycles. The Morgan fingerprint density at radius 2 is 1.23 bits per heavy atom. The molecule has 0 saturated heterocycles. The molecule has 0 saturated carbocycles. The van der Waals surface area contributed by atoms with Gasteiger partial charge in [0.1, 0.15) is 0 Å². The predicted molar refractivity (Wildman–Crippen MR) is 116 cm³/mol. The highest BCUT2D eigenvalue weighted by Gasteiger charge is 2.36. The van der Waals surface area contributed by atoms with Crippen molar-refractivity contribution in [2.45, 2.75) is 12.4 Å². The number of halogens is 6. The van der Waals surface area contributed by atoms with Crippen LogP contribution in [0.1, 0.15) is 11.1 Å². The Kier molecular flexibility index (Phi) is 8.67. The number of benzene rings is 3. The first-order chi connectivity index (χ1) is 16.4. The first kappa shape index (κ1) is 27.0. The number of carbonyl (C=O) groups is 2. The van der Waals surface area contributed by atoms with E-state index in [1.54, 1.807) is 23.6 Å². The van der Waals surface area contributed by atoms with Gasteiger partial charge >= 0.3 is 24.5 Å². The summed E-state index contributed by atoms with van der Waals surface area (Å²) in [5.41, 5.74) is -0.850.